The molecule has 1 aliphatic rings. The number of hydrogen-bond acceptors (Lipinski definition) is 3. The molecule has 2 aromatic rings. The summed E-state index contributed by atoms with van der Waals surface area (Å²) in [7, 11) is 3.18. The monoisotopic (exact) mass is 246 g/mol. The quantitative estimate of drug-likeness (QED) is 0.843. The summed E-state index contributed by atoms with van der Waals surface area (Å²) in [5, 5.41) is 3.73. The van der Waals surface area contributed by atoms with E-state index < -0.39 is 0 Å². The third kappa shape index (κ3) is 1.44. The molecule has 0 unspecified atom stereocenters. The number of carbonyl (C=O) groups excluding carboxylic acids is 1. The number of carbonyl (C=O) groups is 1. The van der Waals surface area contributed by atoms with Crippen LogP contribution in [0.15, 0.2) is 12.1 Å². The molecule has 18 heavy (non-hydrogen) atoms. The number of benzene rings is 1. The van der Waals surface area contributed by atoms with Gasteiger partial charge in [-0.2, -0.15) is 0 Å². The van der Waals surface area contributed by atoms with Gasteiger partial charge in [0.2, 0.25) is 0 Å². The molecule has 0 fully saturated rings. The van der Waals surface area contributed by atoms with Crippen molar-refractivity contribution in [2.24, 2.45) is 0 Å². The Morgan fingerprint density at radius 2 is 1.89 bits per heavy atom. The van der Waals surface area contributed by atoms with E-state index in [1.807, 2.05) is 12.1 Å². The summed E-state index contributed by atoms with van der Waals surface area (Å²) >= 11 is 0. The van der Waals surface area contributed by atoms with Crippen molar-refractivity contribution in [2.75, 3.05) is 20.8 Å². The smallest absolute Gasteiger partial charge is 0.253 e. The lowest BCUT2D eigenvalue weighted by Crippen LogP contribution is -2.31. The van der Waals surface area contributed by atoms with E-state index in [9.17, 15) is 4.79 Å². The van der Waals surface area contributed by atoms with Crippen LogP contribution in [0, 0.1) is 0 Å². The molecule has 1 amide bonds. The van der Waals surface area contributed by atoms with Crippen LogP contribution in [0.1, 0.15) is 16.1 Å². The van der Waals surface area contributed by atoms with Crippen LogP contribution < -0.4 is 14.8 Å². The zero-order valence-electron chi connectivity index (χ0n) is 10.3. The number of methoxy groups -OCH3 is 2. The minimum absolute atomic E-state index is 0.0327. The van der Waals surface area contributed by atoms with Gasteiger partial charge < -0.3 is 19.8 Å². The summed E-state index contributed by atoms with van der Waals surface area (Å²) in [6, 6.07) is 3.70. The molecule has 2 N–H and O–H groups in total. The van der Waals surface area contributed by atoms with E-state index in [-0.39, 0.29) is 5.91 Å². The summed E-state index contributed by atoms with van der Waals surface area (Å²) in [6.07, 6.45) is 0.820. The Balaban J connectivity index is 2.30. The Morgan fingerprint density at radius 1 is 1.17 bits per heavy atom. The van der Waals surface area contributed by atoms with Crippen LogP contribution in [0.2, 0.25) is 0 Å². The molecule has 0 radical (unpaired) electrons. The van der Waals surface area contributed by atoms with Gasteiger partial charge in [0, 0.05) is 30.1 Å². The lowest BCUT2D eigenvalue weighted by atomic mass is 10.0. The lowest BCUT2D eigenvalue weighted by molar-refractivity contribution is 0.0947. The zero-order valence-corrected chi connectivity index (χ0v) is 10.3. The average Bonchev–Trinajstić information content (AvgIpc) is 2.75. The number of nitrogens with one attached hydrogen (secondary N) is 2. The van der Waals surface area contributed by atoms with Crippen molar-refractivity contribution in [1.29, 1.82) is 0 Å². The molecule has 5 nitrogen and oxygen atoms in total. The highest BCUT2D eigenvalue weighted by Gasteiger charge is 2.23. The first kappa shape index (κ1) is 11.0. The third-order valence-corrected chi connectivity index (χ3v) is 3.27. The van der Waals surface area contributed by atoms with Crippen LogP contribution in [0.3, 0.4) is 0 Å². The molecule has 0 saturated carbocycles. The highest BCUT2D eigenvalue weighted by molar-refractivity contribution is 6.09. The molecule has 0 aliphatic carbocycles. The second kappa shape index (κ2) is 3.94. The van der Waals surface area contributed by atoms with E-state index in [0.29, 0.717) is 18.0 Å². The van der Waals surface area contributed by atoms with Crippen molar-refractivity contribution in [2.45, 2.75) is 6.42 Å². The van der Waals surface area contributed by atoms with Crippen LogP contribution in [-0.2, 0) is 6.42 Å². The van der Waals surface area contributed by atoms with Gasteiger partial charge in [-0.15, -0.1) is 0 Å². The van der Waals surface area contributed by atoms with Gasteiger partial charge in [-0.1, -0.05) is 0 Å². The Morgan fingerprint density at radius 3 is 2.61 bits per heavy atom. The van der Waals surface area contributed by atoms with Gasteiger partial charge in [-0.3, -0.25) is 4.79 Å². The topological polar surface area (TPSA) is 63.4 Å². The predicted molar refractivity (Wildman–Crippen MR) is 67.4 cm³/mol. The van der Waals surface area contributed by atoms with E-state index in [2.05, 4.69) is 10.3 Å². The number of H-pyrrole nitrogens is 1. The van der Waals surface area contributed by atoms with E-state index in [1.165, 1.54) is 0 Å². The Hall–Kier alpha value is -2.17. The molecular weight excluding hydrogens is 232 g/mol. The van der Waals surface area contributed by atoms with Crippen molar-refractivity contribution in [3.05, 3.63) is 23.4 Å². The first-order valence-corrected chi connectivity index (χ1v) is 5.79. The summed E-state index contributed by atoms with van der Waals surface area (Å²) in [4.78, 5) is 15.2. The van der Waals surface area contributed by atoms with E-state index in [0.717, 1.165) is 28.6 Å². The van der Waals surface area contributed by atoms with Gasteiger partial charge in [0.25, 0.3) is 5.91 Å². The third-order valence-electron chi connectivity index (χ3n) is 3.27. The molecular formula is C13H14N2O3. The molecule has 1 aromatic heterocycles. The van der Waals surface area contributed by atoms with Gasteiger partial charge in [-0.25, -0.2) is 0 Å². The molecule has 0 spiro atoms. The average molecular weight is 246 g/mol. The number of aromatic amines is 1. The minimum atomic E-state index is -0.0327. The molecule has 94 valence electrons. The summed E-state index contributed by atoms with van der Waals surface area (Å²) < 4.78 is 10.5. The van der Waals surface area contributed by atoms with Crippen molar-refractivity contribution >= 4 is 16.8 Å². The van der Waals surface area contributed by atoms with Crippen molar-refractivity contribution in [3.8, 4) is 11.5 Å². The van der Waals surface area contributed by atoms with Crippen molar-refractivity contribution in [3.63, 3.8) is 0 Å². The van der Waals surface area contributed by atoms with Crippen molar-refractivity contribution < 1.29 is 14.3 Å². The molecule has 0 saturated heterocycles. The van der Waals surface area contributed by atoms with Gasteiger partial charge in [0.05, 0.1) is 25.3 Å². The first-order valence-electron chi connectivity index (χ1n) is 5.79. The maximum absolute atomic E-state index is 11.9. The first-order chi connectivity index (χ1) is 8.74. The second-order valence-corrected chi connectivity index (χ2v) is 4.24. The molecule has 3 rings (SSSR count). The van der Waals surface area contributed by atoms with Gasteiger partial charge in [-0.05, 0) is 6.07 Å². The minimum Gasteiger partial charge on any atom is -0.493 e. The molecule has 1 aromatic carbocycles. The number of aromatic nitrogens is 1. The van der Waals surface area contributed by atoms with Gasteiger partial charge in [0.1, 0.15) is 0 Å². The standard InChI is InChI=1S/C13H14N2O3/c1-17-10-5-7-9(6-11(10)18-2)15-8-3-4-14-13(16)12(7)8/h5-6,15H,3-4H2,1-2H3,(H,14,16). The Labute approximate surface area is 104 Å². The fourth-order valence-electron chi connectivity index (χ4n) is 2.41. The van der Waals surface area contributed by atoms with E-state index in [4.69, 9.17) is 9.47 Å². The number of fused-ring (bicyclic) bond motifs is 3. The fourth-order valence-corrected chi connectivity index (χ4v) is 2.41. The van der Waals surface area contributed by atoms with Gasteiger partial charge in [0.15, 0.2) is 11.5 Å². The lowest BCUT2D eigenvalue weighted by Gasteiger charge is -2.12. The molecule has 0 atom stereocenters. The van der Waals surface area contributed by atoms with Crippen molar-refractivity contribution in [1.82, 2.24) is 10.3 Å². The fraction of sp³-hybridized carbons (Fsp3) is 0.308. The molecule has 5 heteroatoms. The summed E-state index contributed by atoms with van der Waals surface area (Å²) in [5.74, 6) is 1.25. The maximum Gasteiger partial charge on any atom is 0.253 e. The predicted octanol–water partition coefficient (Wildman–Crippen LogP) is 1.47. The maximum atomic E-state index is 11.9. The Kier molecular flexibility index (Phi) is 2.40. The van der Waals surface area contributed by atoms with E-state index in [1.54, 1.807) is 14.2 Å². The number of ether oxygens (including phenoxy) is 2. The molecule has 0 bridgehead atoms. The summed E-state index contributed by atoms with van der Waals surface area (Å²) in [5.41, 5.74) is 2.59. The zero-order chi connectivity index (χ0) is 12.7. The van der Waals surface area contributed by atoms with Crippen LogP contribution in [0.5, 0.6) is 11.5 Å². The second-order valence-electron chi connectivity index (χ2n) is 4.24. The highest BCUT2D eigenvalue weighted by atomic mass is 16.5. The van der Waals surface area contributed by atoms with Gasteiger partial charge >= 0.3 is 0 Å². The largest absolute Gasteiger partial charge is 0.493 e. The Bertz CT molecular complexity index is 631. The summed E-state index contributed by atoms with van der Waals surface area (Å²) in [6.45, 7) is 0.674. The highest BCUT2D eigenvalue weighted by Crippen LogP contribution is 2.35. The number of rotatable bonds is 2. The van der Waals surface area contributed by atoms with Crippen LogP contribution >= 0.6 is 0 Å². The number of hydrogen-bond donors (Lipinski definition) is 2. The van der Waals surface area contributed by atoms with Crippen LogP contribution in [-0.4, -0.2) is 31.7 Å². The molecule has 2 heterocycles. The van der Waals surface area contributed by atoms with Crippen LogP contribution in [0.25, 0.3) is 10.9 Å². The van der Waals surface area contributed by atoms with Crippen LogP contribution in [0.4, 0.5) is 0 Å². The SMILES string of the molecule is COc1cc2[nH]c3c(c2cc1OC)C(=O)NCC3. The normalized spacial score (nSPS) is 14.2. The number of amides is 1. The van der Waals surface area contributed by atoms with E-state index >= 15 is 0 Å². The molecule has 1 aliphatic heterocycles.